The SMILES string of the molecule is FC(F)C(F)(F)CNCc1cc(Cl)c2c(c1)OCCO2. The van der Waals surface area contributed by atoms with Crippen LogP contribution >= 0.6 is 11.6 Å². The third kappa shape index (κ3) is 3.46. The van der Waals surface area contributed by atoms with Crippen molar-refractivity contribution < 1.29 is 27.0 Å². The number of nitrogens with one attached hydrogen (secondary N) is 1. The number of rotatable bonds is 5. The highest BCUT2D eigenvalue weighted by atomic mass is 35.5. The molecule has 1 aliphatic rings. The molecule has 8 heteroatoms. The van der Waals surface area contributed by atoms with Gasteiger partial charge in [0.2, 0.25) is 0 Å². The van der Waals surface area contributed by atoms with Crippen molar-refractivity contribution in [2.45, 2.75) is 18.9 Å². The molecule has 0 radical (unpaired) electrons. The fraction of sp³-hybridized carbons (Fsp3) is 0.500. The van der Waals surface area contributed by atoms with Gasteiger partial charge in [-0.25, -0.2) is 8.78 Å². The van der Waals surface area contributed by atoms with Crippen LogP contribution in [0.15, 0.2) is 12.1 Å². The maximum Gasteiger partial charge on any atom is 0.319 e. The zero-order valence-electron chi connectivity index (χ0n) is 10.3. The first kappa shape index (κ1) is 15.2. The van der Waals surface area contributed by atoms with Crippen LogP contribution in [0.25, 0.3) is 0 Å². The first-order valence-electron chi connectivity index (χ1n) is 5.85. The van der Waals surface area contributed by atoms with E-state index in [2.05, 4.69) is 5.32 Å². The van der Waals surface area contributed by atoms with Crippen LogP contribution in [0.5, 0.6) is 11.5 Å². The molecule has 0 bridgehead atoms. The van der Waals surface area contributed by atoms with Gasteiger partial charge in [-0.05, 0) is 17.7 Å². The molecule has 0 unspecified atom stereocenters. The number of fused-ring (bicyclic) bond motifs is 1. The fourth-order valence-electron chi connectivity index (χ4n) is 1.72. The number of benzene rings is 1. The normalized spacial score (nSPS) is 14.7. The van der Waals surface area contributed by atoms with Gasteiger partial charge in [-0.2, -0.15) is 8.78 Å². The van der Waals surface area contributed by atoms with Crippen LogP contribution in [-0.4, -0.2) is 32.1 Å². The minimum absolute atomic E-state index is 0.0291. The van der Waals surface area contributed by atoms with E-state index in [0.29, 0.717) is 35.3 Å². The Balaban J connectivity index is 1.99. The van der Waals surface area contributed by atoms with Gasteiger partial charge in [0.15, 0.2) is 11.5 Å². The second kappa shape index (κ2) is 6.05. The van der Waals surface area contributed by atoms with E-state index < -0.39 is 18.9 Å². The highest BCUT2D eigenvalue weighted by molar-refractivity contribution is 6.32. The number of hydrogen-bond donors (Lipinski definition) is 1. The number of hydrogen-bond acceptors (Lipinski definition) is 3. The van der Waals surface area contributed by atoms with E-state index in [4.69, 9.17) is 21.1 Å². The molecule has 0 saturated carbocycles. The van der Waals surface area contributed by atoms with E-state index in [0.717, 1.165) is 0 Å². The maximum atomic E-state index is 12.7. The summed E-state index contributed by atoms with van der Waals surface area (Å²) in [6.45, 7) is -0.399. The van der Waals surface area contributed by atoms with Crippen molar-refractivity contribution in [3.63, 3.8) is 0 Å². The van der Waals surface area contributed by atoms with Crippen molar-refractivity contribution in [1.29, 1.82) is 0 Å². The Morgan fingerprint density at radius 1 is 1.25 bits per heavy atom. The van der Waals surface area contributed by atoms with Crippen molar-refractivity contribution in [3.8, 4) is 11.5 Å². The Labute approximate surface area is 117 Å². The van der Waals surface area contributed by atoms with Gasteiger partial charge in [-0.15, -0.1) is 0 Å². The van der Waals surface area contributed by atoms with E-state index in [1.807, 2.05) is 0 Å². The third-order valence-electron chi connectivity index (χ3n) is 2.67. The smallest absolute Gasteiger partial charge is 0.319 e. The lowest BCUT2D eigenvalue weighted by atomic mass is 10.2. The van der Waals surface area contributed by atoms with Gasteiger partial charge in [0, 0.05) is 6.54 Å². The number of alkyl halides is 4. The molecule has 0 aliphatic carbocycles. The lowest BCUT2D eigenvalue weighted by Gasteiger charge is -2.21. The molecule has 0 fully saturated rings. The highest BCUT2D eigenvalue weighted by Crippen LogP contribution is 2.38. The fourth-order valence-corrected chi connectivity index (χ4v) is 2.00. The summed E-state index contributed by atoms with van der Waals surface area (Å²) in [6, 6.07) is 3.09. The molecule has 1 aromatic rings. The van der Waals surface area contributed by atoms with Crippen LogP contribution in [0, 0.1) is 0 Å². The van der Waals surface area contributed by atoms with Gasteiger partial charge in [0.1, 0.15) is 13.2 Å². The molecular weight excluding hydrogens is 302 g/mol. The van der Waals surface area contributed by atoms with Crippen LogP contribution in [-0.2, 0) is 6.54 Å². The summed E-state index contributed by atoms with van der Waals surface area (Å²) >= 11 is 5.97. The van der Waals surface area contributed by atoms with Crippen LogP contribution in [0.3, 0.4) is 0 Å². The zero-order valence-corrected chi connectivity index (χ0v) is 11.0. The molecule has 3 nitrogen and oxygen atoms in total. The van der Waals surface area contributed by atoms with E-state index in [1.54, 1.807) is 6.07 Å². The Morgan fingerprint density at radius 2 is 1.95 bits per heavy atom. The molecule has 0 atom stereocenters. The molecule has 0 saturated heterocycles. The summed E-state index contributed by atoms with van der Waals surface area (Å²) < 4.78 is 60.0. The number of halogens is 5. The maximum absolute atomic E-state index is 12.7. The standard InChI is InChI=1S/C12H12ClF4NO2/c13-8-3-7(4-9-10(8)20-2-1-19-9)5-18-6-12(16,17)11(14)15/h3-4,11,18H,1-2,5-6H2. The second-order valence-electron chi connectivity index (χ2n) is 4.27. The molecule has 0 aromatic heterocycles. The predicted molar refractivity (Wildman–Crippen MR) is 65.1 cm³/mol. The van der Waals surface area contributed by atoms with Gasteiger partial charge in [-0.1, -0.05) is 11.6 Å². The van der Waals surface area contributed by atoms with E-state index in [1.165, 1.54) is 6.07 Å². The van der Waals surface area contributed by atoms with Crippen molar-refractivity contribution in [3.05, 3.63) is 22.7 Å². The molecule has 2 rings (SSSR count). The largest absolute Gasteiger partial charge is 0.486 e. The van der Waals surface area contributed by atoms with Crippen LogP contribution in [0.1, 0.15) is 5.56 Å². The van der Waals surface area contributed by atoms with Crippen molar-refractivity contribution in [2.75, 3.05) is 19.8 Å². The van der Waals surface area contributed by atoms with Gasteiger partial charge in [0.25, 0.3) is 0 Å². The molecule has 1 N–H and O–H groups in total. The number of ether oxygens (including phenoxy) is 2. The van der Waals surface area contributed by atoms with Gasteiger partial charge in [0.05, 0.1) is 11.6 Å². The topological polar surface area (TPSA) is 30.5 Å². The molecule has 0 spiro atoms. The molecule has 112 valence electrons. The molecule has 1 aliphatic heterocycles. The summed E-state index contributed by atoms with van der Waals surface area (Å²) in [5, 5.41) is 2.56. The summed E-state index contributed by atoms with van der Waals surface area (Å²) in [6.07, 6.45) is -3.70. The highest BCUT2D eigenvalue weighted by Gasteiger charge is 2.39. The summed E-state index contributed by atoms with van der Waals surface area (Å²) in [4.78, 5) is 0. The molecular formula is C12H12ClF4NO2. The zero-order chi connectivity index (χ0) is 14.8. The van der Waals surface area contributed by atoms with Crippen molar-refractivity contribution in [2.24, 2.45) is 0 Å². The van der Waals surface area contributed by atoms with Crippen LogP contribution < -0.4 is 14.8 Å². The van der Waals surface area contributed by atoms with E-state index >= 15 is 0 Å². The first-order valence-corrected chi connectivity index (χ1v) is 6.22. The lowest BCUT2D eigenvalue weighted by Crippen LogP contribution is -2.38. The van der Waals surface area contributed by atoms with Gasteiger partial charge in [-0.3, -0.25) is 0 Å². The Bertz CT molecular complexity index is 485. The molecule has 1 heterocycles. The lowest BCUT2D eigenvalue weighted by molar-refractivity contribution is -0.125. The van der Waals surface area contributed by atoms with Crippen LogP contribution in [0.4, 0.5) is 17.6 Å². The summed E-state index contributed by atoms with van der Waals surface area (Å²) in [5.41, 5.74) is 0.546. The van der Waals surface area contributed by atoms with E-state index in [-0.39, 0.29) is 6.54 Å². The summed E-state index contributed by atoms with van der Waals surface area (Å²) in [5.74, 6) is -3.24. The minimum atomic E-state index is -4.06. The first-order chi connectivity index (χ1) is 9.40. The van der Waals surface area contributed by atoms with E-state index in [9.17, 15) is 17.6 Å². The second-order valence-corrected chi connectivity index (χ2v) is 4.67. The summed E-state index contributed by atoms with van der Waals surface area (Å²) in [7, 11) is 0. The van der Waals surface area contributed by atoms with Gasteiger partial charge < -0.3 is 14.8 Å². The van der Waals surface area contributed by atoms with Crippen molar-refractivity contribution >= 4 is 11.6 Å². The third-order valence-corrected chi connectivity index (χ3v) is 2.95. The molecule has 20 heavy (non-hydrogen) atoms. The molecule has 1 aromatic carbocycles. The predicted octanol–water partition coefficient (Wildman–Crippen LogP) is 3.10. The Hall–Kier alpha value is -1.21. The minimum Gasteiger partial charge on any atom is -0.486 e. The Kier molecular flexibility index (Phi) is 4.59. The van der Waals surface area contributed by atoms with Gasteiger partial charge >= 0.3 is 12.3 Å². The van der Waals surface area contributed by atoms with Crippen molar-refractivity contribution in [1.82, 2.24) is 5.32 Å². The molecule has 0 amide bonds. The average molecular weight is 314 g/mol. The average Bonchev–Trinajstić information content (AvgIpc) is 2.38. The quantitative estimate of drug-likeness (QED) is 0.847. The Morgan fingerprint density at radius 3 is 2.65 bits per heavy atom. The van der Waals surface area contributed by atoms with Crippen LogP contribution in [0.2, 0.25) is 5.02 Å². The monoisotopic (exact) mass is 313 g/mol.